The summed E-state index contributed by atoms with van der Waals surface area (Å²) in [6.07, 6.45) is 0. The zero-order valence-electron chi connectivity index (χ0n) is 9.50. The molecule has 1 aromatic heterocycles. The topological polar surface area (TPSA) is 24.9 Å². The fraction of sp³-hybridized carbons (Fsp3) is 0.250. The van der Waals surface area contributed by atoms with E-state index in [1.54, 1.807) is 6.07 Å². The van der Waals surface area contributed by atoms with E-state index in [1.807, 2.05) is 25.3 Å². The van der Waals surface area contributed by atoms with Crippen LogP contribution >= 0.6 is 27.3 Å². The van der Waals surface area contributed by atoms with Gasteiger partial charge in [0.2, 0.25) is 0 Å². The van der Waals surface area contributed by atoms with Crippen LogP contribution in [-0.4, -0.2) is 11.0 Å². The molecule has 0 fully saturated rings. The van der Waals surface area contributed by atoms with Gasteiger partial charge in [-0.05, 0) is 32.0 Å². The number of aromatic nitrogens is 1. The normalized spacial score (nSPS) is 10.9. The number of nitrogens with zero attached hydrogens (tertiary/aromatic N) is 1. The Balaban J connectivity index is 2.30. The summed E-state index contributed by atoms with van der Waals surface area (Å²) in [6, 6.07) is 5.31. The third-order valence-corrected chi connectivity index (χ3v) is 3.39. The van der Waals surface area contributed by atoms with Crippen LogP contribution in [0.5, 0.6) is 0 Å². The molecule has 5 heteroatoms. The molecule has 2 aromatic rings. The van der Waals surface area contributed by atoms with E-state index in [-0.39, 0.29) is 5.82 Å². The molecule has 0 unspecified atom stereocenters. The molecule has 0 saturated carbocycles. The molecule has 0 radical (unpaired) electrons. The highest BCUT2D eigenvalue weighted by Crippen LogP contribution is 2.28. The van der Waals surface area contributed by atoms with E-state index in [0.29, 0.717) is 17.3 Å². The molecule has 2 rings (SSSR count). The molecular formula is C12H12BrFN2S. The number of thiazole rings is 1. The molecular weight excluding hydrogens is 303 g/mol. The predicted octanol–water partition coefficient (Wildman–Crippen LogP) is 4.53. The van der Waals surface area contributed by atoms with Gasteiger partial charge in [0, 0.05) is 21.5 Å². The molecule has 1 N–H and O–H groups in total. The molecule has 0 aliphatic rings. The van der Waals surface area contributed by atoms with E-state index >= 15 is 0 Å². The molecule has 1 aromatic carbocycles. The summed E-state index contributed by atoms with van der Waals surface area (Å²) >= 11 is 4.72. The zero-order chi connectivity index (χ0) is 12.4. The van der Waals surface area contributed by atoms with E-state index in [4.69, 9.17) is 0 Å². The minimum absolute atomic E-state index is 0.263. The van der Waals surface area contributed by atoms with Crippen molar-refractivity contribution in [3.63, 3.8) is 0 Å². The smallest absolute Gasteiger partial charge is 0.183 e. The summed E-state index contributed by atoms with van der Waals surface area (Å²) in [5.74, 6) is -0.263. The predicted molar refractivity (Wildman–Crippen MR) is 74.0 cm³/mol. The van der Waals surface area contributed by atoms with E-state index in [2.05, 4.69) is 26.2 Å². The quantitative estimate of drug-likeness (QED) is 0.900. The molecule has 0 bridgehead atoms. The van der Waals surface area contributed by atoms with Crippen molar-refractivity contribution in [2.45, 2.75) is 19.9 Å². The lowest BCUT2D eigenvalue weighted by Crippen LogP contribution is -2.09. The van der Waals surface area contributed by atoms with Crippen molar-refractivity contribution in [1.82, 2.24) is 4.98 Å². The number of hydrogen-bond acceptors (Lipinski definition) is 3. The SMILES string of the molecule is CC(C)Nc1nc(-c2ccc(Br)cc2F)cs1. The highest BCUT2D eigenvalue weighted by molar-refractivity contribution is 9.10. The first-order valence-electron chi connectivity index (χ1n) is 5.24. The van der Waals surface area contributed by atoms with Crippen molar-refractivity contribution in [2.24, 2.45) is 0 Å². The van der Waals surface area contributed by atoms with Crippen molar-refractivity contribution >= 4 is 32.4 Å². The lowest BCUT2D eigenvalue weighted by Gasteiger charge is -2.04. The summed E-state index contributed by atoms with van der Waals surface area (Å²) in [4.78, 5) is 4.36. The lowest BCUT2D eigenvalue weighted by molar-refractivity contribution is 0.630. The van der Waals surface area contributed by atoms with Crippen LogP contribution in [0.3, 0.4) is 0 Å². The Morgan fingerprint density at radius 1 is 1.41 bits per heavy atom. The minimum atomic E-state index is -0.263. The van der Waals surface area contributed by atoms with Gasteiger partial charge in [-0.1, -0.05) is 15.9 Å². The third-order valence-electron chi connectivity index (χ3n) is 2.12. The number of nitrogens with one attached hydrogen (secondary N) is 1. The number of anilines is 1. The number of hydrogen-bond donors (Lipinski definition) is 1. The van der Waals surface area contributed by atoms with Crippen molar-refractivity contribution < 1.29 is 4.39 Å². The highest BCUT2D eigenvalue weighted by Gasteiger charge is 2.10. The van der Waals surface area contributed by atoms with Gasteiger partial charge < -0.3 is 5.32 Å². The van der Waals surface area contributed by atoms with Crippen LogP contribution in [0, 0.1) is 5.82 Å². The molecule has 0 amide bonds. The van der Waals surface area contributed by atoms with Crippen LogP contribution in [0.25, 0.3) is 11.3 Å². The first-order chi connectivity index (χ1) is 8.06. The van der Waals surface area contributed by atoms with Gasteiger partial charge >= 0.3 is 0 Å². The van der Waals surface area contributed by atoms with Crippen molar-refractivity contribution in [3.8, 4) is 11.3 Å². The molecule has 0 aliphatic carbocycles. The summed E-state index contributed by atoms with van der Waals surface area (Å²) in [6.45, 7) is 4.09. The van der Waals surface area contributed by atoms with Gasteiger partial charge in [0.15, 0.2) is 5.13 Å². The Morgan fingerprint density at radius 2 is 2.18 bits per heavy atom. The third kappa shape index (κ3) is 3.04. The standard InChI is InChI=1S/C12H12BrFN2S/c1-7(2)15-12-16-11(6-17-12)9-4-3-8(13)5-10(9)14/h3-7H,1-2H3,(H,15,16). The van der Waals surface area contributed by atoms with Crippen LogP contribution in [0.2, 0.25) is 0 Å². The Bertz CT molecular complexity index is 525. The van der Waals surface area contributed by atoms with E-state index < -0.39 is 0 Å². The van der Waals surface area contributed by atoms with Crippen LogP contribution in [0.4, 0.5) is 9.52 Å². The van der Waals surface area contributed by atoms with Crippen LogP contribution < -0.4 is 5.32 Å². The molecule has 0 aliphatic heterocycles. The van der Waals surface area contributed by atoms with Crippen molar-refractivity contribution in [3.05, 3.63) is 33.9 Å². The zero-order valence-corrected chi connectivity index (χ0v) is 11.9. The highest BCUT2D eigenvalue weighted by atomic mass is 79.9. The molecule has 1 heterocycles. The average molecular weight is 315 g/mol. The summed E-state index contributed by atoms with van der Waals surface area (Å²) in [5.41, 5.74) is 1.20. The molecule has 90 valence electrons. The van der Waals surface area contributed by atoms with Crippen LogP contribution in [-0.2, 0) is 0 Å². The molecule has 0 saturated heterocycles. The molecule has 2 nitrogen and oxygen atoms in total. The maximum absolute atomic E-state index is 13.7. The van der Waals surface area contributed by atoms with Crippen molar-refractivity contribution in [2.75, 3.05) is 5.32 Å². The molecule has 0 spiro atoms. The lowest BCUT2D eigenvalue weighted by atomic mass is 10.2. The van der Waals surface area contributed by atoms with Crippen LogP contribution in [0.15, 0.2) is 28.1 Å². The second kappa shape index (κ2) is 5.14. The second-order valence-corrected chi connectivity index (χ2v) is 5.73. The minimum Gasteiger partial charge on any atom is -0.359 e. The molecule has 17 heavy (non-hydrogen) atoms. The van der Waals surface area contributed by atoms with Crippen molar-refractivity contribution in [1.29, 1.82) is 0 Å². The monoisotopic (exact) mass is 314 g/mol. The Labute approximate surface area is 112 Å². The molecule has 0 atom stereocenters. The number of rotatable bonds is 3. The van der Waals surface area contributed by atoms with Crippen LogP contribution in [0.1, 0.15) is 13.8 Å². The first kappa shape index (κ1) is 12.5. The van der Waals surface area contributed by atoms with Gasteiger partial charge in [-0.2, -0.15) is 0 Å². The first-order valence-corrected chi connectivity index (χ1v) is 6.91. The maximum Gasteiger partial charge on any atom is 0.183 e. The van der Waals surface area contributed by atoms with Gasteiger partial charge in [-0.3, -0.25) is 0 Å². The van der Waals surface area contributed by atoms with E-state index in [9.17, 15) is 4.39 Å². The fourth-order valence-electron chi connectivity index (χ4n) is 1.41. The summed E-state index contributed by atoms with van der Waals surface area (Å²) in [7, 11) is 0. The number of benzene rings is 1. The van der Waals surface area contributed by atoms with E-state index in [0.717, 1.165) is 9.60 Å². The summed E-state index contributed by atoms with van der Waals surface area (Å²) in [5, 5.41) is 5.88. The van der Waals surface area contributed by atoms with Gasteiger partial charge in [0.25, 0.3) is 0 Å². The summed E-state index contributed by atoms with van der Waals surface area (Å²) < 4.78 is 14.5. The second-order valence-electron chi connectivity index (χ2n) is 3.96. The van der Waals surface area contributed by atoms with Gasteiger partial charge in [-0.25, -0.2) is 9.37 Å². The fourth-order valence-corrected chi connectivity index (χ4v) is 2.60. The Morgan fingerprint density at radius 3 is 2.82 bits per heavy atom. The van der Waals surface area contributed by atoms with Gasteiger partial charge in [-0.15, -0.1) is 11.3 Å². The number of halogens is 2. The van der Waals surface area contributed by atoms with Gasteiger partial charge in [0.1, 0.15) is 5.82 Å². The average Bonchev–Trinajstić information content (AvgIpc) is 2.65. The van der Waals surface area contributed by atoms with Gasteiger partial charge in [0.05, 0.1) is 5.69 Å². The van der Waals surface area contributed by atoms with E-state index in [1.165, 1.54) is 17.4 Å². The Hall–Kier alpha value is -0.940. The maximum atomic E-state index is 13.7. The Kier molecular flexibility index (Phi) is 3.79. The largest absolute Gasteiger partial charge is 0.359 e.